The monoisotopic (exact) mass is 209 g/mol. The molecule has 2 nitrogen and oxygen atoms in total. The fourth-order valence-electron chi connectivity index (χ4n) is 1.36. The van der Waals surface area contributed by atoms with E-state index in [9.17, 15) is 4.79 Å². The van der Waals surface area contributed by atoms with Gasteiger partial charge >= 0.3 is 0 Å². The van der Waals surface area contributed by atoms with E-state index >= 15 is 0 Å². The van der Waals surface area contributed by atoms with Crippen molar-refractivity contribution >= 4 is 6.29 Å². The molecule has 0 spiro atoms. The molecule has 0 amide bonds. The Balaban J connectivity index is 0.000000262. The molecular formula is C13H23NO. The van der Waals surface area contributed by atoms with Gasteiger partial charge in [-0.2, -0.15) is 0 Å². The fourth-order valence-corrected chi connectivity index (χ4v) is 1.36. The zero-order chi connectivity index (χ0) is 11.5. The van der Waals surface area contributed by atoms with Gasteiger partial charge in [0.1, 0.15) is 6.29 Å². The highest BCUT2D eigenvalue weighted by Crippen LogP contribution is 2.08. The maximum atomic E-state index is 10.0. The number of hydrogen-bond acceptors (Lipinski definition) is 2. The van der Waals surface area contributed by atoms with Crippen molar-refractivity contribution in [3.8, 4) is 0 Å². The van der Waals surface area contributed by atoms with Crippen molar-refractivity contribution in [3.63, 3.8) is 0 Å². The molecule has 0 saturated carbocycles. The average Bonchev–Trinajstić information content (AvgIpc) is 2.28. The Morgan fingerprint density at radius 2 is 1.87 bits per heavy atom. The third kappa shape index (κ3) is 8.13. The van der Waals surface area contributed by atoms with Gasteiger partial charge in [-0.1, -0.05) is 25.2 Å². The summed E-state index contributed by atoms with van der Waals surface area (Å²) in [5.74, 6) is 0.973. The quantitative estimate of drug-likeness (QED) is 0.430. The normalized spacial score (nSPS) is 18.5. The molecule has 1 fully saturated rings. The zero-order valence-corrected chi connectivity index (χ0v) is 10.1. The molecule has 0 bridgehead atoms. The van der Waals surface area contributed by atoms with Crippen molar-refractivity contribution in [2.75, 3.05) is 13.1 Å². The van der Waals surface area contributed by atoms with Crippen molar-refractivity contribution < 1.29 is 4.79 Å². The number of rotatable bonds is 2. The van der Waals surface area contributed by atoms with Crippen LogP contribution >= 0.6 is 0 Å². The summed E-state index contributed by atoms with van der Waals surface area (Å²) in [6.07, 6.45) is 8.96. The predicted octanol–water partition coefficient (Wildman–Crippen LogP) is 2.71. The van der Waals surface area contributed by atoms with Gasteiger partial charge < -0.3 is 5.32 Å². The SMILES string of the molecule is C/C=C\C(C=O)=C/C.CC1CCNCC1. The number of hydrogen-bond donors (Lipinski definition) is 1. The summed E-state index contributed by atoms with van der Waals surface area (Å²) >= 11 is 0. The molecule has 15 heavy (non-hydrogen) atoms. The smallest absolute Gasteiger partial charge is 0.149 e. The fraction of sp³-hybridized carbons (Fsp3) is 0.615. The lowest BCUT2D eigenvalue weighted by molar-refractivity contribution is -0.104. The van der Waals surface area contributed by atoms with Gasteiger partial charge in [0.2, 0.25) is 0 Å². The van der Waals surface area contributed by atoms with Gasteiger partial charge in [-0.15, -0.1) is 0 Å². The van der Waals surface area contributed by atoms with Gasteiger partial charge in [0.15, 0.2) is 0 Å². The lowest BCUT2D eigenvalue weighted by Crippen LogP contribution is -2.26. The highest BCUT2D eigenvalue weighted by molar-refractivity contribution is 5.77. The van der Waals surface area contributed by atoms with Crippen LogP contribution in [0, 0.1) is 5.92 Å². The van der Waals surface area contributed by atoms with Gasteiger partial charge in [0, 0.05) is 5.57 Å². The molecule has 0 aliphatic carbocycles. The maximum absolute atomic E-state index is 10.0. The van der Waals surface area contributed by atoms with Crippen LogP contribution in [0.5, 0.6) is 0 Å². The molecule has 1 aliphatic rings. The second-order valence-corrected chi connectivity index (χ2v) is 3.84. The topological polar surface area (TPSA) is 29.1 Å². The van der Waals surface area contributed by atoms with Gasteiger partial charge in [-0.3, -0.25) is 4.79 Å². The van der Waals surface area contributed by atoms with Crippen LogP contribution < -0.4 is 5.32 Å². The molecule has 0 aromatic heterocycles. The van der Waals surface area contributed by atoms with E-state index in [1.807, 2.05) is 19.9 Å². The Hall–Kier alpha value is -0.890. The summed E-state index contributed by atoms with van der Waals surface area (Å²) in [5, 5.41) is 3.32. The lowest BCUT2D eigenvalue weighted by atomic mass is 10.0. The molecule has 0 unspecified atom stereocenters. The minimum absolute atomic E-state index is 0.729. The second-order valence-electron chi connectivity index (χ2n) is 3.84. The molecule has 1 rings (SSSR count). The van der Waals surface area contributed by atoms with E-state index in [0.717, 1.165) is 17.8 Å². The van der Waals surface area contributed by atoms with Crippen LogP contribution in [-0.4, -0.2) is 19.4 Å². The zero-order valence-electron chi connectivity index (χ0n) is 10.1. The van der Waals surface area contributed by atoms with Crippen LogP contribution in [0.25, 0.3) is 0 Å². The van der Waals surface area contributed by atoms with Crippen LogP contribution in [0.2, 0.25) is 0 Å². The van der Waals surface area contributed by atoms with Crippen molar-refractivity contribution in [1.82, 2.24) is 5.32 Å². The van der Waals surface area contributed by atoms with E-state index in [2.05, 4.69) is 12.2 Å². The van der Waals surface area contributed by atoms with Crippen molar-refractivity contribution in [1.29, 1.82) is 0 Å². The molecule has 2 heteroatoms. The number of aldehydes is 1. The standard InChI is InChI=1S/C7H10O.C6H13N/c1-3-5-7(4-2)6-8;1-6-2-4-7-5-3-6/h3-6H,1-2H3;6-7H,2-5H2,1H3/b5-3-,7-4+;. The van der Waals surface area contributed by atoms with Gasteiger partial charge in [0.25, 0.3) is 0 Å². The first-order valence-electron chi connectivity index (χ1n) is 5.69. The molecule has 0 radical (unpaired) electrons. The summed E-state index contributed by atoms with van der Waals surface area (Å²) in [5.41, 5.74) is 0.729. The number of allylic oxidation sites excluding steroid dienone is 4. The van der Waals surface area contributed by atoms with Gasteiger partial charge in [-0.25, -0.2) is 0 Å². The third-order valence-corrected chi connectivity index (χ3v) is 2.46. The molecule has 0 aromatic carbocycles. The lowest BCUT2D eigenvalue weighted by Gasteiger charge is -2.17. The molecule has 86 valence electrons. The molecule has 1 saturated heterocycles. The van der Waals surface area contributed by atoms with E-state index in [4.69, 9.17) is 0 Å². The van der Waals surface area contributed by atoms with E-state index in [1.165, 1.54) is 25.9 Å². The minimum atomic E-state index is 0.729. The van der Waals surface area contributed by atoms with Crippen molar-refractivity contribution in [2.24, 2.45) is 5.92 Å². The van der Waals surface area contributed by atoms with Crippen LogP contribution in [0.4, 0.5) is 0 Å². The van der Waals surface area contributed by atoms with Gasteiger partial charge in [0.05, 0.1) is 0 Å². The predicted molar refractivity (Wildman–Crippen MR) is 65.9 cm³/mol. The third-order valence-electron chi connectivity index (χ3n) is 2.46. The summed E-state index contributed by atoms with van der Waals surface area (Å²) in [7, 11) is 0. The first kappa shape index (κ1) is 14.1. The Morgan fingerprint density at radius 3 is 2.07 bits per heavy atom. The summed E-state index contributed by atoms with van der Waals surface area (Å²) in [6.45, 7) is 8.51. The Bertz CT molecular complexity index is 213. The second kappa shape index (κ2) is 9.66. The van der Waals surface area contributed by atoms with Crippen LogP contribution in [0.1, 0.15) is 33.6 Å². The first-order chi connectivity index (χ1) is 7.24. The van der Waals surface area contributed by atoms with E-state index in [-0.39, 0.29) is 0 Å². The van der Waals surface area contributed by atoms with Crippen molar-refractivity contribution in [3.05, 3.63) is 23.8 Å². The Morgan fingerprint density at radius 1 is 1.27 bits per heavy atom. The highest BCUT2D eigenvalue weighted by Gasteiger charge is 2.04. The van der Waals surface area contributed by atoms with Crippen LogP contribution in [0.3, 0.4) is 0 Å². The number of piperidine rings is 1. The molecule has 1 aliphatic heterocycles. The highest BCUT2D eigenvalue weighted by atomic mass is 16.1. The first-order valence-corrected chi connectivity index (χ1v) is 5.69. The number of nitrogens with one attached hydrogen (secondary N) is 1. The summed E-state index contributed by atoms with van der Waals surface area (Å²) in [4.78, 5) is 10.0. The van der Waals surface area contributed by atoms with E-state index in [1.54, 1.807) is 12.2 Å². The Kier molecular flexibility index (Phi) is 9.08. The minimum Gasteiger partial charge on any atom is -0.317 e. The molecule has 0 aromatic rings. The van der Waals surface area contributed by atoms with E-state index in [0.29, 0.717) is 0 Å². The van der Waals surface area contributed by atoms with Gasteiger partial charge in [-0.05, 0) is 45.7 Å². The molecular weight excluding hydrogens is 186 g/mol. The maximum Gasteiger partial charge on any atom is 0.149 e. The molecule has 0 atom stereocenters. The number of carbonyl (C=O) groups is 1. The van der Waals surface area contributed by atoms with Crippen LogP contribution in [0.15, 0.2) is 23.8 Å². The molecule has 1 N–H and O–H groups in total. The summed E-state index contributed by atoms with van der Waals surface area (Å²) in [6, 6.07) is 0. The summed E-state index contributed by atoms with van der Waals surface area (Å²) < 4.78 is 0. The average molecular weight is 209 g/mol. The van der Waals surface area contributed by atoms with E-state index < -0.39 is 0 Å². The largest absolute Gasteiger partial charge is 0.317 e. The van der Waals surface area contributed by atoms with Crippen LogP contribution in [-0.2, 0) is 4.79 Å². The number of carbonyl (C=O) groups excluding carboxylic acids is 1. The van der Waals surface area contributed by atoms with Crippen molar-refractivity contribution in [2.45, 2.75) is 33.6 Å². The molecule has 1 heterocycles. The Labute approximate surface area is 93.5 Å².